The van der Waals surface area contributed by atoms with Crippen molar-refractivity contribution in [2.45, 2.75) is 6.42 Å². The van der Waals surface area contributed by atoms with Crippen LogP contribution in [0.5, 0.6) is 0 Å². The van der Waals surface area contributed by atoms with E-state index in [0.717, 1.165) is 6.42 Å². The van der Waals surface area contributed by atoms with Crippen LogP contribution >= 0.6 is 0 Å². The first-order chi connectivity index (χ1) is 9.69. The molecule has 20 heavy (non-hydrogen) atoms. The summed E-state index contributed by atoms with van der Waals surface area (Å²) in [5.41, 5.74) is 0.203. The Bertz CT molecular complexity index is 706. The number of hydrogen-bond acceptors (Lipinski definition) is 4. The van der Waals surface area contributed by atoms with Crippen LogP contribution in [0.1, 0.15) is 17.0 Å². The number of aliphatic hydroxyl groups excluding tert-OH is 1. The Balaban J connectivity index is 1.94. The average Bonchev–Trinajstić information content (AvgIpc) is 2.95. The quantitative estimate of drug-likeness (QED) is 0.894. The summed E-state index contributed by atoms with van der Waals surface area (Å²) in [5.74, 6) is -0.109. The molecule has 2 aromatic rings. The molecule has 1 unspecified atom stereocenters. The fraction of sp³-hybridized carbons (Fsp3) is 0.333. The molecule has 1 aliphatic heterocycles. The van der Waals surface area contributed by atoms with Gasteiger partial charge in [-0.15, -0.1) is 0 Å². The highest BCUT2D eigenvalue weighted by atomic mass is 16.3. The summed E-state index contributed by atoms with van der Waals surface area (Å²) in [6, 6.07) is 8.11. The maximum absolute atomic E-state index is 12.3. The molecule has 5 nitrogen and oxygen atoms in total. The summed E-state index contributed by atoms with van der Waals surface area (Å²) >= 11 is 0. The Morgan fingerprint density at radius 1 is 1.40 bits per heavy atom. The molecule has 1 aromatic heterocycles. The molecule has 0 radical (unpaired) electrons. The van der Waals surface area contributed by atoms with Crippen LogP contribution in [0.3, 0.4) is 0 Å². The number of benzene rings is 1. The fourth-order valence-electron chi connectivity index (χ4n) is 2.53. The second-order valence-electron chi connectivity index (χ2n) is 5.06. The molecule has 5 heteroatoms. The van der Waals surface area contributed by atoms with Crippen molar-refractivity contribution in [3.05, 3.63) is 46.3 Å². The minimum atomic E-state index is -0.288. The van der Waals surface area contributed by atoms with Gasteiger partial charge in [-0.05, 0) is 18.6 Å². The summed E-state index contributed by atoms with van der Waals surface area (Å²) in [7, 11) is 0. The molecule has 1 fully saturated rings. The number of para-hydroxylation sites is 1. The Hall–Kier alpha value is -2.14. The van der Waals surface area contributed by atoms with Crippen molar-refractivity contribution < 1.29 is 14.3 Å². The Morgan fingerprint density at radius 2 is 2.20 bits per heavy atom. The lowest BCUT2D eigenvalue weighted by Crippen LogP contribution is -2.29. The third-order valence-corrected chi connectivity index (χ3v) is 3.68. The zero-order chi connectivity index (χ0) is 14.1. The second kappa shape index (κ2) is 5.09. The van der Waals surface area contributed by atoms with Gasteiger partial charge in [0.1, 0.15) is 5.58 Å². The fourth-order valence-corrected chi connectivity index (χ4v) is 2.53. The molecule has 0 aliphatic carbocycles. The molecule has 1 amide bonds. The van der Waals surface area contributed by atoms with Crippen molar-refractivity contribution >= 4 is 16.9 Å². The monoisotopic (exact) mass is 273 g/mol. The summed E-state index contributed by atoms with van der Waals surface area (Å²) < 4.78 is 5.53. The van der Waals surface area contributed by atoms with Crippen molar-refractivity contribution in [2.75, 3.05) is 19.7 Å². The summed E-state index contributed by atoms with van der Waals surface area (Å²) in [6.45, 7) is 1.16. The summed E-state index contributed by atoms with van der Waals surface area (Å²) in [5, 5.41) is 9.58. The van der Waals surface area contributed by atoms with Gasteiger partial charge in [0, 0.05) is 31.7 Å². The molecule has 104 valence electrons. The SMILES string of the molecule is O=C(c1cc(=O)c2ccccc2o1)N1CCC(CO)C1. The van der Waals surface area contributed by atoms with Crippen LogP contribution in [0.25, 0.3) is 11.0 Å². The van der Waals surface area contributed by atoms with Crippen molar-refractivity contribution in [3.63, 3.8) is 0 Å². The standard InChI is InChI=1S/C15H15NO4/c17-9-10-5-6-16(8-10)15(19)14-7-12(18)11-3-1-2-4-13(11)20-14/h1-4,7,10,17H,5-6,8-9H2. The van der Waals surface area contributed by atoms with Crippen LogP contribution in [0.2, 0.25) is 0 Å². The number of fused-ring (bicyclic) bond motifs is 1. The maximum Gasteiger partial charge on any atom is 0.289 e. The van der Waals surface area contributed by atoms with E-state index >= 15 is 0 Å². The van der Waals surface area contributed by atoms with Gasteiger partial charge in [-0.2, -0.15) is 0 Å². The van der Waals surface area contributed by atoms with E-state index < -0.39 is 0 Å². The number of nitrogens with zero attached hydrogens (tertiary/aromatic N) is 1. The zero-order valence-electron chi connectivity index (χ0n) is 10.9. The predicted molar refractivity (Wildman–Crippen MR) is 73.6 cm³/mol. The van der Waals surface area contributed by atoms with Gasteiger partial charge < -0.3 is 14.4 Å². The summed E-state index contributed by atoms with van der Waals surface area (Å²) in [6.07, 6.45) is 0.778. The van der Waals surface area contributed by atoms with Crippen LogP contribution < -0.4 is 5.43 Å². The predicted octanol–water partition coefficient (Wildman–Crippen LogP) is 1.25. The van der Waals surface area contributed by atoms with Crippen LogP contribution in [-0.2, 0) is 0 Å². The summed E-state index contributed by atoms with van der Waals surface area (Å²) in [4.78, 5) is 25.9. The largest absolute Gasteiger partial charge is 0.451 e. The van der Waals surface area contributed by atoms with E-state index in [0.29, 0.717) is 24.1 Å². The van der Waals surface area contributed by atoms with E-state index in [-0.39, 0.29) is 29.6 Å². The first-order valence-electron chi connectivity index (χ1n) is 6.62. The lowest BCUT2D eigenvalue weighted by molar-refractivity contribution is 0.0751. The van der Waals surface area contributed by atoms with Crippen LogP contribution in [0.15, 0.2) is 39.5 Å². The van der Waals surface area contributed by atoms with Crippen molar-refractivity contribution in [2.24, 2.45) is 5.92 Å². The molecule has 1 saturated heterocycles. The molecular weight excluding hydrogens is 258 g/mol. The van der Waals surface area contributed by atoms with Gasteiger partial charge in [-0.3, -0.25) is 9.59 Å². The minimum absolute atomic E-state index is 0.0623. The number of hydrogen-bond donors (Lipinski definition) is 1. The lowest BCUT2D eigenvalue weighted by atomic mass is 10.1. The molecule has 0 bridgehead atoms. The van der Waals surface area contributed by atoms with Crippen LogP contribution in [0.4, 0.5) is 0 Å². The molecule has 1 aliphatic rings. The van der Waals surface area contributed by atoms with Gasteiger partial charge in [-0.25, -0.2) is 0 Å². The highest BCUT2D eigenvalue weighted by Crippen LogP contribution is 2.19. The molecule has 3 rings (SSSR count). The smallest absolute Gasteiger partial charge is 0.289 e. The van der Waals surface area contributed by atoms with E-state index in [9.17, 15) is 9.59 Å². The molecule has 1 N–H and O–H groups in total. The lowest BCUT2D eigenvalue weighted by Gasteiger charge is -2.15. The molecule has 2 heterocycles. The van der Waals surface area contributed by atoms with E-state index in [1.807, 2.05) is 0 Å². The number of amides is 1. The number of carbonyl (C=O) groups excluding carboxylic acids is 1. The third-order valence-electron chi connectivity index (χ3n) is 3.68. The first kappa shape index (κ1) is 12.9. The molecule has 1 atom stereocenters. The van der Waals surface area contributed by atoms with Gasteiger partial charge in [0.25, 0.3) is 5.91 Å². The number of carbonyl (C=O) groups is 1. The van der Waals surface area contributed by atoms with Crippen molar-refractivity contribution in [3.8, 4) is 0 Å². The van der Waals surface area contributed by atoms with E-state index in [1.54, 1.807) is 29.2 Å². The molecule has 1 aromatic carbocycles. The Morgan fingerprint density at radius 3 is 2.95 bits per heavy atom. The number of likely N-dealkylation sites (tertiary alicyclic amines) is 1. The first-order valence-corrected chi connectivity index (χ1v) is 6.62. The average molecular weight is 273 g/mol. The second-order valence-corrected chi connectivity index (χ2v) is 5.06. The van der Waals surface area contributed by atoms with E-state index in [1.165, 1.54) is 6.07 Å². The van der Waals surface area contributed by atoms with Gasteiger partial charge >= 0.3 is 0 Å². The minimum Gasteiger partial charge on any atom is -0.451 e. The zero-order valence-corrected chi connectivity index (χ0v) is 10.9. The number of rotatable bonds is 2. The van der Waals surface area contributed by atoms with Gasteiger partial charge in [-0.1, -0.05) is 12.1 Å². The van der Waals surface area contributed by atoms with Gasteiger partial charge in [0.15, 0.2) is 11.2 Å². The normalized spacial score (nSPS) is 18.6. The van der Waals surface area contributed by atoms with Crippen LogP contribution in [-0.4, -0.2) is 35.6 Å². The van der Waals surface area contributed by atoms with E-state index in [2.05, 4.69) is 0 Å². The topological polar surface area (TPSA) is 70.8 Å². The number of aliphatic hydroxyl groups is 1. The van der Waals surface area contributed by atoms with Gasteiger partial charge in [0.05, 0.1) is 5.39 Å². The van der Waals surface area contributed by atoms with Crippen molar-refractivity contribution in [1.29, 1.82) is 0 Å². The Labute approximate surface area is 115 Å². The third kappa shape index (κ3) is 2.20. The van der Waals surface area contributed by atoms with E-state index in [4.69, 9.17) is 9.52 Å². The van der Waals surface area contributed by atoms with Gasteiger partial charge in [0.2, 0.25) is 0 Å². The highest BCUT2D eigenvalue weighted by molar-refractivity contribution is 5.93. The molecule has 0 saturated carbocycles. The maximum atomic E-state index is 12.3. The Kier molecular flexibility index (Phi) is 3.28. The highest BCUT2D eigenvalue weighted by Gasteiger charge is 2.28. The molecular formula is C15H15NO4. The molecule has 0 spiro atoms. The van der Waals surface area contributed by atoms with Crippen molar-refractivity contribution in [1.82, 2.24) is 4.90 Å². The van der Waals surface area contributed by atoms with Crippen LogP contribution in [0, 0.1) is 5.92 Å².